The molecule has 0 aromatic carbocycles. The van der Waals surface area contributed by atoms with E-state index in [2.05, 4.69) is 26.3 Å². The molecule has 86 valence electrons. The van der Waals surface area contributed by atoms with Gasteiger partial charge in [-0.05, 0) is 12.2 Å². The number of rotatable bonds is 7. The first-order valence-corrected chi connectivity index (χ1v) is 4.50. The van der Waals surface area contributed by atoms with Crippen LogP contribution in [0, 0.1) is 0 Å². The molecule has 0 aromatic rings. The Kier molecular flexibility index (Phi) is 6.28. The molecule has 0 fully saturated rings. The van der Waals surface area contributed by atoms with E-state index >= 15 is 0 Å². The van der Waals surface area contributed by atoms with Crippen molar-refractivity contribution < 1.29 is 19.1 Å². The van der Waals surface area contributed by atoms with Crippen molar-refractivity contribution in [3.8, 4) is 0 Å². The van der Waals surface area contributed by atoms with Gasteiger partial charge in [-0.1, -0.05) is 26.3 Å². The Balaban J connectivity index is 4.61. The van der Waals surface area contributed by atoms with Crippen molar-refractivity contribution in [2.75, 3.05) is 0 Å². The van der Waals surface area contributed by atoms with Crippen LogP contribution in [0.2, 0.25) is 0 Å². The molecule has 0 heterocycles. The summed E-state index contributed by atoms with van der Waals surface area (Å²) < 4.78 is 9.78. The van der Waals surface area contributed by atoms with Gasteiger partial charge in [0.1, 0.15) is 0 Å². The summed E-state index contributed by atoms with van der Waals surface area (Å²) in [7, 11) is 0. The van der Waals surface area contributed by atoms with E-state index < -0.39 is 24.1 Å². The standard InChI is InChI=1S/C12H14O4/c1-5-9(15-11(13)7-3)10(6-2)16-12(14)8-4/h5-10H,1-4H2. The first kappa shape index (κ1) is 13.9. The molecule has 0 saturated carbocycles. The summed E-state index contributed by atoms with van der Waals surface area (Å²) in [6.07, 6.45) is 3.09. The summed E-state index contributed by atoms with van der Waals surface area (Å²) in [6, 6.07) is 0. The summed E-state index contributed by atoms with van der Waals surface area (Å²) in [5, 5.41) is 0. The van der Waals surface area contributed by atoms with E-state index in [1.165, 1.54) is 12.2 Å². The molecule has 0 saturated heterocycles. The van der Waals surface area contributed by atoms with Crippen LogP contribution in [0.15, 0.2) is 50.6 Å². The van der Waals surface area contributed by atoms with Crippen molar-refractivity contribution in [1.82, 2.24) is 0 Å². The molecule has 4 heteroatoms. The SMILES string of the molecule is C=CC(=O)OC(C=C)C(C=C)OC(=O)C=C. The van der Waals surface area contributed by atoms with Gasteiger partial charge in [0.15, 0.2) is 12.2 Å². The second-order valence-electron chi connectivity index (χ2n) is 2.68. The molecular weight excluding hydrogens is 208 g/mol. The van der Waals surface area contributed by atoms with Crippen LogP contribution in [0.1, 0.15) is 0 Å². The Labute approximate surface area is 94.5 Å². The number of esters is 2. The highest BCUT2D eigenvalue weighted by Gasteiger charge is 2.21. The molecule has 2 atom stereocenters. The first-order valence-electron chi connectivity index (χ1n) is 4.50. The minimum Gasteiger partial charge on any atom is -0.451 e. The van der Waals surface area contributed by atoms with Crippen molar-refractivity contribution in [3.05, 3.63) is 50.6 Å². The molecule has 0 rings (SSSR count). The van der Waals surface area contributed by atoms with Crippen LogP contribution in [0.3, 0.4) is 0 Å². The molecule has 0 aliphatic carbocycles. The van der Waals surface area contributed by atoms with Crippen LogP contribution in [-0.2, 0) is 19.1 Å². The minimum atomic E-state index is -0.799. The number of carbonyl (C=O) groups excluding carboxylic acids is 2. The molecular formula is C12H14O4. The molecule has 0 radical (unpaired) electrons. The first-order chi connectivity index (χ1) is 7.58. The highest BCUT2D eigenvalue weighted by atomic mass is 16.6. The van der Waals surface area contributed by atoms with Gasteiger partial charge in [0.2, 0.25) is 0 Å². The summed E-state index contributed by atoms with van der Waals surface area (Å²) >= 11 is 0. The third-order valence-electron chi connectivity index (χ3n) is 1.63. The van der Waals surface area contributed by atoms with Crippen LogP contribution in [0.25, 0.3) is 0 Å². The van der Waals surface area contributed by atoms with E-state index in [0.29, 0.717) is 0 Å². The number of ether oxygens (including phenoxy) is 2. The second-order valence-corrected chi connectivity index (χ2v) is 2.68. The predicted octanol–water partition coefficient (Wildman–Crippen LogP) is 1.55. The predicted molar refractivity (Wildman–Crippen MR) is 60.5 cm³/mol. The van der Waals surface area contributed by atoms with Gasteiger partial charge in [0.05, 0.1) is 0 Å². The fraction of sp³-hybridized carbons (Fsp3) is 0.167. The lowest BCUT2D eigenvalue weighted by Crippen LogP contribution is -2.31. The van der Waals surface area contributed by atoms with E-state index in [1.54, 1.807) is 0 Å². The van der Waals surface area contributed by atoms with Crippen LogP contribution in [0.4, 0.5) is 0 Å². The molecule has 0 bridgehead atoms. The third kappa shape index (κ3) is 4.41. The zero-order valence-corrected chi connectivity index (χ0v) is 8.93. The zero-order chi connectivity index (χ0) is 12.6. The molecule has 0 aliphatic heterocycles. The van der Waals surface area contributed by atoms with Gasteiger partial charge in [-0.2, -0.15) is 0 Å². The van der Waals surface area contributed by atoms with Gasteiger partial charge >= 0.3 is 11.9 Å². The molecule has 0 N–H and O–H groups in total. The fourth-order valence-corrected chi connectivity index (χ4v) is 0.863. The van der Waals surface area contributed by atoms with E-state index in [9.17, 15) is 9.59 Å². The normalized spacial score (nSPS) is 12.8. The Morgan fingerprint density at radius 2 is 1.12 bits per heavy atom. The summed E-state index contributed by atoms with van der Waals surface area (Å²) in [5.41, 5.74) is 0. The van der Waals surface area contributed by atoms with Crippen molar-refractivity contribution in [2.24, 2.45) is 0 Å². The second kappa shape index (κ2) is 7.23. The lowest BCUT2D eigenvalue weighted by molar-refractivity contribution is -0.154. The summed E-state index contributed by atoms with van der Waals surface area (Å²) in [6.45, 7) is 13.5. The molecule has 0 aliphatic rings. The Morgan fingerprint density at radius 1 is 0.812 bits per heavy atom. The minimum absolute atomic E-state index is 0.633. The monoisotopic (exact) mass is 222 g/mol. The van der Waals surface area contributed by atoms with E-state index in [0.717, 1.165) is 12.2 Å². The number of hydrogen-bond donors (Lipinski definition) is 0. The summed E-state index contributed by atoms with van der Waals surface area (Å²) in [5.74, 6) is -1.27. The van der Waals surface area contributed by atoms with Gasteiger partial charge in [-0.15, -0.1) is 0 Å². The van der Waals surface area contributed by atoms with E-state index in [-0.39, 0.29) is 0 Å². The van der Waals surface area contributed by atoms with Gasteiger partial charge in [0.25, 0.3) is 0 Å². The Morgan fingerprint density at radius 3 is 1.31 bits per heavy atom. The highest BCUT2D eigenvalue weighted by Crippen LogP contribution is 2.08. The van der Waals surface area contributed by atoms with E-state index in [4.69, 9.17) is 9.47 Å². The molecule has 16 heavy (non-hydrogen) atoms. The topological polar surface area (TPSA) is 52.6 Å². The van der Waals surface area contributed by atoms with Crippen molar-refractivity contribution >= 4 is 11.9 Å². The quantitative estimate of drug-likeness (QED) is 0.372. The van der Waals surface area contributed by atoms with Crippen LogP contribution in [0.5, 0.6) is 0 Å². The van der Waals surface area contributed by atoms with E-state index in [1.807, 2.05) is 0 Å². The zero-order valence-electron chi connectivity index (χ0n) is 8.93. The molecule has 0 aromatic heterocycles. The highest BCUT2D eigenvalue weighted by molar-refractivity contribution is 5.82. The van der Waals surface area contributed by atoms with Gasteiger partial charge in [-0.3, -0.25) is 0 Å². The lowest BCUT2D eigenvalue weighted by Gasteiger charge is -2.20. The maximum atomic E-state index is 11.0. The lowest BCUT2D eigenvalue weighted by atomic mass is 10.2. The van der Waals surface area contributed by atoms with Crippen molar-refractivity contribution in [2.45, 2.75) is 12.2 Å². The Bertz CT molecular complexity index is 285. The fourth-order valence-electron chi connectivity index (χ4n) is 0.863. The summed E-state index contributed by atoms with van der Waals surface area (Å²) in [4.78, 5) is 21.9. The van der Waals surface area contributed by atoms with Crippen LogP contribution >= 0.6 is 0 Å². The number of carbonyl (C=O) groups is 2. The van der Waals surface area contributed by atoms with Gasteiger partial charge in [0, 0.05) is 12.2 Å². The Hall–Kier alpha value is -2.10. The largest absolute Gasteiger partial charge is 0.451 e. The molecule has 0 spiro atoms. The molecule has 0 amide bonds. The molecule has 4 nitrogen and oxygen atoms in total. The third-order valence-corrected chi connectivity index (χ3v) is 1.63. The van der Waals surface area contributed by atoms with Gasteiger partial charge < -0.3 is 9.47 Å². The average Bonchev–Trinajstić information content (AvgIpc) is 2.32. The number of hydrogen-bond acceptors (Lipinski definition) is 4. The molecule has 2 unspecified atom stereocenters. The van der Waals surface area contributed by atoms with Gasteiger partial charge in [-0.25, -0.2) is 9.59 Å². The maximum absolute atomic E-state index is 11.0. The smallest absolute Gasteiger partial charge is 0.330 e. The maximum Gasteiger partial charge on any atom is 0.330 e. The van der Waals surface area contributed by atoms with Crippen LogP contribution in [-0.4, -0.2) is 24.1 Å². The van der Waals surface area contributed by atoms with Crippen LogP contribution < -0.4 is 0 Å². The average molecular weight is 222 g/mol. The van der Waals surface area contributed by atoms with Crippen molar-refractivity contribution in [1.29, 1.82) is 0 Å². The van der Waals surface area contributed by atoms with Crippen molar-refractivity contribution in [3.63, 3.8) is 0 Å².